The van der Waals surface area contributed by atoms with Crippen molar-refractivity contribution in [3.05, 3.63) is 12.7 Å². The van der Waals surface area contributed by atoms with Gasteiger partial charge in [-0.15, -0.1) is 6.58 Å². The number of fused-ring (bicyclic) bond motifs is 1. The second-order valence-corrected chi connectivity index (χ2v) is 7.36. The van der Waals surface area contributed by atoms with Crippen molar-refractivity contribution < 1.29 is 4.79 Å². The van der Waals surface area contributed by atoms with Crippen LogP contribution in [-0.2, 0) is 4.79 Å². The minimum atomic E-state index is 0.129. The molecule has 3 aliphatic rings. The molecule has 2 saturated heterocycles. The van der Waals surface area contributed by atoms with Crippen molar-refractivity contribution in [2.24, 2.45) is 11.8 Å². The predicted molar refractivity (Wildman–Crippen MR) is 86.0 cm³/mol. The standard InChI is InChI=1S/C18H30N2O/c1-3-10-20-16-7-5-4-6-15(16)13-17(20)18(21)19-11-8-14(2)9-12-19/h3,14-17H,1,4-13H2,2H3. The Labute approximate surface area is 129 Å². The zero-order valence-corrected chi connectivity index (χ0v) is 13.5. The topological polar surface area (TPSA) is 23.6 Å². The molecule has 0 radical (unpaired) electrons. The van der Waals surface area contributed by atoms with Crippen molar-refractivity contribution in [1.82, 2.24) is 9.80 Å². The first-order chi connectivity index (χ1) is 10.2. The van der Waals surface area contributed by atoms with Crippen molar-refractivity contribution in [3.8, 4) is 0 Å². The molecule has 3 fully saturated rings. The van der Waals surface area contributed by atoms with Crippen molar-refractivity contribution in [3.63, 3.8) is 0 Å². The smallest absolute Gasteiger partial charge is 0.239 e. The first-order valence-electron chi connectivity index (χ1n) is 8.86. The zero-order chi connectivity index (χ0) is 14.8. The molecular formula is C18H30N2O. The highest BCUT2D eigenvalue weighted by molar-refractivity contribution is 5.82. The van der Waals surface area contributed by atoms with Gasteiger partial charge in [-0.3, -0.25) is 9.69 Å². The summed E-state index contributed by atoms with van der Waals surface area (Å²) in [5, 5.41) is 0. The normalized spacial score (nSPS) is 34.7. The van der Waals surface area contributed by atoms with Gasteiger partial charge in [0.25, 0.3) is 0 Å². The van der Waals surface area contributed by atoms with Crippen LogP contribution in [0, 0.1) is 11.8 Å². The summed E-state index contributed by atoms with van der Waals surface area (Å²) in [5.74, 6) is 1.93. The lowest BCUT2D eigenvalue weighted by Gasteiger charge is -2.36. The summed E-state index contributed by atoms with van der Waals surface area (Å²) in [5.41, 5.74) is 0. The Bertz CT molecular complexity index is 387. The highest BCUT2D eigenvalue weighted by Gasteiger charge is 2.45. The Hall–Kier alpha value is -0.830. The van der Waals surface area contributed by atoms with Crippen LogP contribution in [0.1, 0.15) is 51.9 Å². The van der Waals surface area contributed by atoms with Gasteiger partial charge in [-0.25, -0.2) is 0 Å². The van der Waals surface area contributed by atoms with E-state index in [0.717, 1.165) is 37.9 Å². The molecule has 3 heteroatoms. The average Bonchev–Trinajstić information content (AvgIpc) is 2.87. The Morgan fingerprint density at radius 1 is 1.19 bits per heavy atom. The fourth-order valence-electron chi connectivity index (χ4n) is 4.65. The molecule has 2 aliphatic heterocycles. The van der Waals surface area contributed by atoms with E-state index in [4.69, 9.17) is 0 Å². The summed E-state index contributed by atoms with van der Waals surface area (Å²) in [6.07, 6.45) is 10.7. The third kappa shape index (κ3) is 3.03. The lowest BCUT2D eigenvalue weighted by Crippen LogP contribution is -2.50. The zero-order valence-electron chi connectivity index (χ0n) is 13.5. The van der Waals surface area contributed by atoms with Crippen molar-refractivity contribution in [1.29, 1.82) is 0 Å². The maximum atomic E-state index is 13.0. The van der Waals surface area contributed by atoms with Crippen molar-refractivity contribution >= 4 is 5.91 Å². The molecule has 1 aliphatic carbocycles. The van der Waals surface area contributed by atoms with Gasteiger partial charge < -0.3 is 4.90 Å². The summed E-state index contributed by atoms with van der Waals surface area (Å²) in [7, 11) is 0. The minimum Gasteiger partial charge on any atom is -0.341 e. The van der Waals surface area contributed by atoms with Crippen LogP contribution >= 0.6 is 0 Å². The van der Waals surface area contributed by atoms with Crippen LogP contribution in [0.25, 0.3) is 0 Å². The monoisotopic (exact) mass is 290 g/mol. The van der Waals surface area contributed by atoms with Crippen LogP contribution in [-0.4, -0.2) is 47.4 Å². The molecule has 21 heavy (non-hydrogen) atoms. The summed E-state index contributed by atoms with van der Waals surface area (Å²) >= 11 is 0. The second kappa shape index (κ2) is 6.51. The van der Waals surface area contributed by atoms with E-state index in [1.807, 2.05) is 6.08 Å². The highest BCUT2D eigenvalue weighted by Crippen LogP contribution is 2.40. The van der Waals surface area contributed by atoms with Crippen molar-refractivity contribution in [2.45, 2.75) is 64.0 Å². The molecule has 3 atom stereocenters. The highest BCUT2D eigenvalue weighted by atomic mass is 16.2. The number of rotatable bonds is 3. The van der Waals surface area contributed by atoms with E-state index >= 15 is 0 Å². The van der Waals surface area contributed by atoms with E-state index in [-0.39, 0.29) is 6.04 Å². The summed E-state index contributed by atoms with van der Waals surface area (Å²) in [6.45, 7) is 9.02. The maximum absolute atomic E-state index is 13.0. The Kier molecular flexibility index (Phi) is 4.68. The number of amides is 1. The van der Waals surface area contributed by atoms with Gasteiger partial charge >= 0.3 is 0 Å². The fourth-order valence-corrected chi connectivity index (χ4v) is 4.65. The molecule has 118 valence electrons. The van der Waals surface area contributed by atoms with Crippen LogP contribution in [0.5, 0.6) is 0 Å². The quantitative estimate of drug-likeness (QED) is 0.746. The number of carbonyl (C=O) groups is 1. The van der Waals surface area contributed by atoms with Gasteiger partial charge in [0.15, 0.2) is 0 Å². The summed E-state index contributed by atoms with van der Waals surface area (Å²) in [6, 6.07) is 0.763. The molecule has 2 heterocycles. The molecular weight excluding hydrogens is 260 g/mol. The number of carbonyl (C=O) groups excluding carboxylic acids is 1. The van der Waals surface area contributed by atoms with Gasteiger partial charge in [-0.1, -0.05) is 25.8 Å². The van der Waals surface area contributed by atoms with E-state index in [2.05, 4.69) is 23.3 Å². The maximum Gasteiger partial charge on any atom is 0.239 e. The largest absolute Gasteiger partial charge is 0.341 e. The van der Waals surface area contributed by atoms with Gasteiger partial charge in [0.2, 0.25) is 5.91 Å². The number of likely N-dealkylation sites (tertiary alicyclic amines) is 2. The molecule has 3 rings (SSSR count). The second-order valence-electron chi connectivity index (χ2n) is 7.36. The fraction of sp³-hybridized carbons (Fsp3) is 0.833. The molecule has 1 saturated carbocycles. The Balaban J connectivity index is 1.70. The SMILES string of the molecule is C=CCN1C(C(=O)N2CCC(C)CC2)CC2CCCCC21. The van der Waals surface area contributed by atoms with Gasteiger partial charge in [-0.2, -0.15) is 0 Å². The molecule has 0 spiro atoms. The van der Waals surface area contributed by atoms with Crippen LogP contribution in [0.3, 0.4) is 0 Å². The Morgan fingerprint density at radius 3 is 2.62 bits per heavy atom. The number of hydrogen-bond acceptors (Lipinski definition) is 2. The average molecular weight is 290 g/mol. The molecule has 3 unspecified atom stereocenters. The molecule has 3 nitrogen and oxygen atoms in total. The lowest BCUT2D eigenvalue weighted by atomic mass is 9.84. The predicted octanol–water partition coefficient (Wildman–Crippen LogP) is 3.06. The Morgan fingerprint density at radius 2 is 1.90 bits per heavy atom. The van der Waals surface area contributed by atoms with Crippen LogP contribution in [0.2, 0.25) is 0 Å². The summed E-state index contributed by atoms with van der Waals surface area (Å²) in [4.78, 5) is 17.6. The van der Waals surface area contributed by atoms with E-state index in [0.29, 0.717) is 11.9 Å². The molecule has 0 bridgehead atoms. The van der Waals surface area contributed by atoms with E-state index < -0.39 is 0 Å². The molecule has 0 aromatic carbocycles. The summed E-state index contributed by atoms with van der Waals surface area (Å²) < 4.78 is 0. The molecule has 1 amide bonds. The minimum absolute atomic E-state index is 0.129. The molecule has 0 aromatic rings. The van der Waals surface area contributed by atoms with Crippen LogP contribution < -0.4 is 0 Å². The third-order valence-electron chi connectivity index (χ3n) is 5.94. The molecule has 0 aromatic heterocycles. The first-order valence-corrected chi connectivity index (χ1v) is 8.86. The number of hydrogen-bond donors (Lipinski definition) is 0. The van der Waals surface area contributed by atoms with Crippen LogP contribution in [0.15, 0.2) is 12.7 Å². The first kappa shape index (κ1) is 15.1. The lowest BCUT2D eigenvalue weighted by molar-refractivity contribution is -0.137. The van der Waals surface area contributed by atoms with Crippen molar-refractivity contribution in [2.75, 3.05) is 19.6 Å². The van der Waals surface area contributed by atoms with Gasteiger partial charge in [-0.05, 0) is 43.9 Å². The number of piperidine rings is 1. The van der Waals surface area contributed by atoms with Gasteiger partial charge in [0.05, 0.1) is 6.04 Å². The van der Waals surface area contributed by atoms with Gasteiger partial charge in [0, 0.05) is 25.7 Å². The number of nitrogens with zero attached hydrogens (tertiary/aromatic N) is 2. The van der Waals surface area contributed by atoms with Gasteiger partial charge in [0.1, 0.15) is 0 Å². The van der Waals surface area contributed by atoms with Crippen LogP contribution in [0.4, 0.5) is 0 Å². The third-order valence-corrected chi connectivity index (χ3v) is 5.94. The van der Waals surface area contributed by atoms with E-state index in [1.165, 1.54) is 38.5 Å². The van der Waals surface area contributed by atoms with E-state index in [1.54, 1.807) is 0 Å². The molecule has 0 N–H and O–H groups in total. The van der Waals surface area contributed by atoms with E-state index in [9.17, 15) is 4.79 Å².